The molecule has 1 aromatic rings. The van der Waals surface area contributed by atoms with Crippen LogP contribution < -0.4 is 5.32 Å². The predicted molar refractivity (Wildman–Crippen MR) is 70.2 cm³/mol. The highest BCUT2D eigenvalue weighted by Crippen LogP contribution is 2.52. The van der Waals surface area contributed by atoms with E-state index in [4.69, 9.17) is 0 Å². The molecule has 20 heavy (non-hydrogen) atoms. The maximum atomic E-state index is 12.8. The Bertz CT molecular complexity index is 473. The first-order valence-corrected chi connectivity index (χ1v) is 6.70. The van der Waals surface area contributed by atoms with Gasteiger partial charge in [-0.3, -0.25) is 0 Å². The Morgan fingerprint density at radius 3 is 2.25 bits per heavy atom. The van der Waals surface area contributed by atoms with Gasteiger partial charge in [-0.05, 0) is 18.0 Å². The highest BCUT2D eigenvalue weighted by atomic mass is 19.4. The third kappa shape index (κ3) is 3.00. The zero-order valence-corrected chi connectivity index (χ0v) is 11.5. The summed E-state index contributed by atoms with van der Waals surface area (Å²) in [6.07, 6.45) is -3.35. The van der Waals surface area contributed by atoms with Crippen molar-refractivity contribution in [1.29, 1.82) is 0 Å². The molecule has 0 saturated heterocycles. The minimum Gasteiger partial charge on any atom is -0.312 e. The van der Waals surface area contributed by atoms with Gasteiger partial charge in [-0.15, -0.1) is 10.2 Å². The summed E-state index contributed by atoms with van der Waals surface area (Å²) >= 11 is 0. The largest absolute Gasteiger partial charge is 0.442 e. The van der Waals surface area contributed by atoms with Crippen molar-refractivity contribution in [2.45, 2.75) is 38.7 Å². The molecule has 1 aromatic carbocycles. The van der Waals surface area contributed by atoms with E-state index >= 15 is 0 Å². The fraction of sp³-hybridized carbons (Fsp3) is 0.571. The smallest absolute Gasteiger partial charge is 0.312 e. The maximum absolute atomic E-state index is 12.8. The standard InChI is InChI=1S/C14H18F3N3/c1-3-10(2)8-18-9-11-4-6-12(7-5-11)13(19-20-13)14(15,16)17/h4-7,10,18H,3,8-9H2,1-2H3. The zero-order valence-electron chi connectivity index (χ0n) is 11.5. The number of nitrogens with one attached hydrogen (secondary N) is 1. The third-order valence-electron chi connectivity index (χ3n) is 3.57. The van der Waals surface area contributed by atoms with Gasteiger partial charge in [-0.25, -0.2) is 0 Å². The van der Waals surface area contributed by atoms with Gasteiger partial charge in [0.25, 0.3) is 0 Å². The second kappa shape index (κ2) is 5.52. The van der Waals surface area contributed by atoms with E-state index in [9.17, 15) is 13.2 Å². The molecule has 0 fully saturated rings. The van der Waals surface area contributed by atoms with E-state index in [1.165, 1.54) is 12.1 Å². The van der Waals surface area contributed by atoms with Crippen molar-refractivity contribution in [3.8, 4) is 0 Å². The van der Waals surface area contributed by atoms with Gasteiger partial charge >= 0.3 is 11.8 Å². The molecule has 110 valence electrons. The molecular formula is C14H18F3N3. The van der Waals surface area contributed by atoms with E-state index in [1.807, 2.05) is 0 Å². The van der Waals surface area contributed by atoms with Gasteiger partial charge in [0.05, 0.1) is 0 Å². The zero-order chi connectivity index (χ0) is 14.8. The average molecular weight is 285 g/mol. The summed E-state index contributed by atoms with van der Waals surface area (Å²) in [5, 5.41) is 9.66. The van der Waals surface area contributed by atoms with Gasteiger partial charge in [-0.2, -0.15) is 13.2 Å². The number of hydrogen-bond acceptors (Lipinski definition) is 3. The van der Waals surface area contributed by atoms with E-state index in [-0.39, 0.29) is 5.56 Å². The first kappa shape index (κ1) is 15.0. The topological polar surface area (TPSA) is 36.8 Å². The number of rotatable bonds is 6. The van der Waals surface area contributed by atoms with Crippen molar-refractivity contribution in [2.75, 3.05) is 6.54 Å². The summed E-state index contributed by atoms with van der Waals surface area (Å²) in [5.74, 6) is 0.590. The van der Waals surface area contributed by atoms with Crippen LogP contribution in [0.4, 0.5) is 13.2 Å². The van der Waals surface area contributed by atoms with Crippen molar-refractivity contribution in [1.82, 2.24) is 5.32 Å². The second-order valence-corrected chi connectivity index (χ2v) is 5.21. The predicted octanol–water partition coefficient (Wildman–Crippen LogP) is 4.00. The van der Waals surface area contributed by atoms with Crippen LogP contribution in [0.1, 0.15) is 31.4 Å². The molecule has 6 heteroatoms. The van der Waals surface area contributed by atoms with Crippen LogP contribution in [0.5, 0.6) is 0 Å². The lowest BCUT2D eigenvalue weighted by Crippen LogP contribution is -2.30. The Morgan fingerprint density at radius 2 is 1.80 bits per heavy atom. The molecule has 1 aliphatic heterocycles. The first-order chi connectivity index (χ1) is 9.39. The molecule has 0 amide bonds. The van der Waals surface area contributed by atoms with Gasteiger partial charge in [0.15, 0.2) is 0 Å². The van der Waals surface area contributed by atoms with Gasteiger partial charge < -0.3 is 5.32 Å². The van der Waals surface area contributed by atoms with Crippen molar-refractivity contribution in [3.63, 3.8) is 0 Å². The summed E-state index contributed by atoms with van der Waals surface area (Å²) in [6.45, 7) is 5.83. The SMILES string of the molecule is CCC(C)CNCc1ccc(C2(C(F)(F)F)N=N2)cc1. The Morgan fingerprint density at radius 1 is 1.20 bits per heavy atom. The normalized spacial score (nSPS) is 18.1. The molecule has 1 unspecified atom stereocenters. The fourth-order valence-electron chi connectivity index (χ4n) is 1.90. The Labute approximate surface area is 116 Å². The highest BCUT2D eigenvalue weighted by Gasteiger charge is 2.65. The molecule has 0 radical (unpaired) electrons. The van der Waals surface area contributed by atoms with Gasteiger partial charge in [-0.1, -0.05) is 44.5 Å². The molecule has 1 aliphatic rings. The lowest BCUT2D eigenvalue weighted by Gasteiger charge is -2.15. The Kier molecular flexibility index (Phi) is 4.13. The van der Waals surface area contributed by atoms with E-state index in [1.54, 1.807) is 12.1 Å². The highest BCUT2D eigenvalue weighted by molar-refractivity contribution is 5.32. The van der Waals surface area contributed by atoms with Crippen molar-refractivity contribution >= 4 is 0 Å². The van der Waals surface area contributed by atoms with Crippen LogP contribution in [0.25, 0.3) is 0 Å². The van der Waals surface area contributed by atoms with Crippen LogP contribution in [-0.4, -0.2) is 12.7 Å². The van der Waals surface area contributed by atoms with Crippen LogP contribution in [0.3, 0.4) is 0 Å². The average Bonchev–Trinajstić information content (AvgIpc) is 3.20. The van der Waals surface area contributed by atoms with Crippen molar-refractivity contribution in [3.05, 3.63) is 35.4 Å². The molecule has 0 saturated carbocycles. The van der Waals surface area contributed by atoms with E-state index < -0.39 is 11.8 Å². The van der Waals surface area contributed by atoms with E-state index in [2.05, 4.69) is 29.4 Å². The molecule has 0 spiro atoms. The summed E-state index contributed by atoms with van der Waals surface area (Å²) < 4.78 is 38.4. The van der Waals surface area contributed by atoms with E-state index in [0.717, 1.165) is 18.5 Å². The second-order valence-electron chi connectivity index (χ2n) is 5.21. The molecular weight excluding hydrogens is 267 g/mol. The molecule has 0 aliphatic carbocycles. The van der Waals surface area contributed by atoms with Crippen molar-refractivity contribution < 1.29 is 13.2 Å². The van der Waals surface area contributed by atoms with Crippen LogP contribution in [0, 0.1) is 5.92 Å². The van der Waals surface area contributed by atoms with Crippen LogP contribution in [-0.2, 0) is 12.2 Å². The number of alkyl halides is 3. The minimum atomic E-state index is -4.46. The van der Waals surface area contributed by atoms with Gasteiger partial charge in [0.1, 0.15) is 0 Å². The fourth-order valence-corrected chi connectivity index (χ4v) is 1.90. The molecule has 0 aromatic heterocycles. The van der Waals surface area contributed by atoms with Gasteiger partial charge in [0, 0.05) is 12.1 Å². The summed E-state index contributed by atoms with van der Waals surface area (Å²) in [4.78, 5) is 0. The molecule has 1 atom stereocenters. The van der Waals surface area contributed by atoms with Crippen LogP contribution in [0.2, 0.25) is 0 Å². The third-order valence-corrected chi connectivity index (χ3v) is 3.57. The molecule has 0 bridgehead atoms. The quantitative estimate of drug-likeness (QED) is 0.842. The number of benzene rings is 1. The minimum absolute atomic E-state index is 0.0793. The van der Waals surface area contributed by atoms with Gasteiger partial charge in [0.2, 0.25) is 0 Å². The maximum Gasteiger partial charge on any atom is 0.442 e. The number of halogens is 3. The number of nitrogens with zero attached hydrogens (tertiary/aromatic N) is 2. The molecule has 3 nitrogen and oxygen atoms in total. The summed E-state index contributed by atoms with van der Waals surface area (Å²) in [7, 11) is 0. The molecule has 1 N–H and O–H groups in total. The lowest BCUT2D eigenvalue weighted by atomic mass is 10.0. The molecule has 2 rings (SSSR count). The molecule has 1 heterocycles. The summed E-state index contributed by atoms with van der Waals surface area (Å²) in [5.41, 5.74) is -1.28. The van der Waals surface area contributed by atoms with Crippen molar-refractivity contribution in [2.24, 2.45) is 16.1 Å². The Hall–Kier alpha value is -1.43. The summed E-state index contributed by atoms with van der Waals surface area (Å²) in [6, 6.07) is 6.28. The van der Waals surface area contributed by atoms with E-state index in [0.29, 0.717) is 12.5 Å². The van der Waals surface area contributed by atoms with Crippen LogP contribution in [0.15, 0.2) is 34.5 Å². The first-order valence-electron chi connectivity index (χ1n) is 6.70. The number of hydrogen-bond donors (Lipinski definition) is 1. The Balaban J connectivity index is 1.94. The monoisotopic (exact) mass is 285 g/mol. The van der Waals surface area contributed by atoms with Crippen LogP contribution >= 0.6 is 0 Å². The lowest BCUT2D eigenvalue weighted by molar-refractivity contribution is -0.166.